The van der Waals surface area contributed by atoms with E-state index in [1.54, 1.807) is 0 Å². The highest BCUT2D eigenvalue weighted by atomic mass is 16.7. The Kier molecular flexibility index (Phi) is 3.96. The maximum atomic E-state index is 5.94. The Morgan fingerprint density at radius 1 is 0.643 bits per heavy atom. The monoisotopic (exact) mass is 200 g/mol. The molecule has 1 heterocycles. The highest BCUT2D eigenvalue weighted by Crippen LogP contribution is 2.32. The predicted molar refractivity (Wildman–Crippen MR) is 58.0 cm³/mol. The molecule has 0 aliphatic carbocycles. The second-order valence-electron chi connectivity index (χ2n) is 5.30. The Balaban J connectivity index is 2.65. The molecule has 0 unspecified atom stereocenters. The van der Waals surface area contributed by atoms with Crippen LogP contribution in [0, 0.1) is 17.8 Å². The minimum atomic E-state index is -0.00481. The molecule has 0 saturated carbocycles. The van der Waals surface area contributed by atoms with Crippen LogP contribution in [0.3, 0.4) is 0 Å². The molecule has 84 valence electrons. The Morgan fingerprint density at radius 2 is 1.00 bits per heavy atom. The molecular weight excluding hydrogens is 176 g/mol. The summed E-state index contributed by atoms with van der Waals surface area (Å²) in [5, 5.41) is 0. The lowest BCUT2D eigenvalue weighted by Gasteiger charge is -2.22. The van der Waals surface area contributed by atoms with Gasteiger partial charge in [0.15, 0.2) is 6.29 Å². The molecule has 2 nitrogen and oxygen atoms in total. The first-order valence-corrected chi connectivity index (χ1v) is 5.74. The van der Waals surface area contributed by atoms with Crippen LogP contribution in [0.5, 0.6) is 0 Å². The van der Waals surface area contributed by atoms with E-state index >= 15 is 0 Å². The summed E-state index contributed by atoms with van der Waals surface area (Å²) in [6.07, 6.45) is 0.527. The molecule has 0 N–H and O–H groups in total. The normalized spacial score (nSPS) is 29.8. The van der Waals surface area contributed by atoms with Crippen LogP contribution in [-0.4, -0.2) is 18.5 Å². The second kappa shape index (κ2) is 4.63. The molecule has 1 fully saturated rings. The maximum Gasteiger partial charge on any atom is 0.160 e. The molecule has 1 aliphatic rings. The van der Waals surface area contributed by atoms with Crippen LogP contribution in [-0.2, 0) is 9.47 Å². The van der Waals surface area contributed by atoms with Gasteiger partial charge in [-0.25, -0.2) is 0 Å². The molecular formula is C12H24O2. The molecule has 1 saturated heterocycles. The van der Waals surface area contributed by atoms with Crippen molar-refractivity contribution in [3.8, 4) is 0 Å². The SMILES string of the molecule is CC(C)C1O[C@@H](C(C)C)[C@H](C(C)C)O1. The molecule has 0 aromatic rings. The van der Waals surface area contributed by atoms with Gasteiger partial charge in [-0.2, -0.15) is 0 Å². The van der Waals surface area contributed by atoms with E-state index in [9.17, 15) is 0 Å². The minimum absolute atomic E-state index is 0.00481. The summed E-state index contributed by atoms with van der Waals surface area (Å²) in [5.74, 6) is 1.51. The number of hydrogen-bond acceptors (Lipinski definition) is 2. The minimum Gasteiger partial charge on any atom is -0.346 e. The summed E-state index contributed by atoms with van der Waals surface area (Å²) in [4.78, 5) is 0. The average Bonchev–Trinajstić information content (AvgIpc) is 2.47. The van der Waals surface area contributed by atoms with Crippen LogP contribution in [0.2, 0.25) is 0 Å². The average molecular weight is 200 g/mol. The standard InChI is InChI=1S/C12H24O2/c1-7(2)10-11(8(3)4)14-12(13-10)9(5)6/h7-12H,1-6H3/t10-,11-/m0/s1. The Labute approximate surface area is 88.0 Å². The van der Waals surface area contributed by atoms with Crippen molar-refractivity contribution in [1.29, 1.82) is 0 Å². The van der Waals surface area contributed by atoms with Gasteiger partial charge in [0.25, 0.3) is 0 Å². The van der Waals surface area contributed by atoms with Gasteiger partial charge in [0.1, 0.15) is 0 Å². The van der Waals surface area contributed by atoms with Gasteiger partial charge in [-0.1, -0.05) is 41.5 Å². The first kappa shape index (κ1) is 12.0. The third-order valence-electron chi connectivity index (χ3n) is 2.76. The van der Waals surface area contributed by atoms with Crippen LogP contribution in [0.4, 0.5) is 0 Å². The quantitative estimate of drug-likeness (QED) is 0.697. The van der Waals surface area contributed by atoms with Crippen molar-refractivity contribution in [2.24, 2.45) is 17.8 Å². The van der Waals surface area contributed by atoms with Gasteiger partial charge in [0, 0.05) is 5.92 Å². The van der Waals surface area contributed by atoms with Crippen LogP contribution in [0.1, 0.15) is 41.5 Å². The zero-order valence-electron chi connectivity index (χ0n) is 10.3. The molecule has 0 radical (unpaired) electrons. The van der Waals surface area contributed by atoms with E-state index in [1.807, 2.05) is 0 Å². The van der Waals surface area contributed by atoms with Crippen LogP contribution >= 0.6 is 0 Å². The Bertz CT molecular complexity index is 159. The van der Waals surface area contributed by atoms with Crippen molar-refractivity contribution in [2.75, 3.05) is 0 Å². The molecule has 1 rings (SSSR count). The summed E-state index contributed by atoms with van der Waals surface area (Å²) in [7, 11) is 0. The third kappa shape index (κ3) is 2.48. The van der Waals surface area contributed by atoms with E-state index < -0.39 is 0 Å². The van der Waals surface area contributed by atoms with Crippen molar-refractivity contribution >= 4 is 0 Å². The lowest BCUT2D eigenvalue weighted by atomic mass is 9.94. The smallest absolute Gasteiger partial charge is 0.160 e. The van der Waals surface area contributed by atoms with Crippen LogP contribution < -0.4 is 0 Å². The molecule has 0 spiro atoms. The molecule has 2 heteroatoms. The van der Waals surface area contributed by atoms with E-state index in [1.165, 1.54) is 0 Å². The fourth-order valence-corrected chi connectivity index (χ4v) is 1.88. The fourth-order valence-electron chi connectivity index (χ4n) is 1.88. The number of rotatable bonds is 3. The molecule has 0 bridgehead atoms. The summed E-state index contributed by atoms with van der Waals surface area (Å²) in [6.45, 7) is 13.1. The Hall–Kier alpha value is -0.0800. The summed E-state index contributed by atoms with van der Waals surface area (Å²) in [6, 6.07) is 0. The van der Waals surface area contributed by atoms with Gasteiger partial charge in [0.05, 0.1) is 12.2 Å². The highest BCUT2D eigenvalue weighted by molar-refractivity contribution is 4.82. The largest absolute Gasteiger partial charge is 0.346 e. The molecule has 0 aromatic carbocycles. The number of ether oxygens (including phenoxy) is 2. The molecule has 14 heavy (non-hydrogen) atoms. The van der Waals surface area contributed by atoms with Crippen molar-refractivity contribution in [2.45, 2.75) is 60.0 Å². The summed E-state index contributed by atoms with van der Waals surface area (Å²) in [5.41, 5.74) is 0. The van der Waals surface area contributed by atoms with Crippen molar-refractivity contribution < 1.29 is 9.47 Å². The van der Waals surface area contributed by atoms with E-state index in [0.717, 1.165) is 0 Å². The summed E-state index contributed by atoms with van der Waals surface area (Å²) >= 11 is 0. The van der Waals surface area contributed by atoms with Gasteiger partial charge in [-0.15, -0.1) is 0 Å². The highest BCUT2D eigenvalue weighted by Gasteiger charge is 2.40. The zero-order valence-corrected chi connectivity index (χ0v) is 10.3. The van der Waals surface area contributed by atoms with E-state index in [0.29, 0.717) is 17.8 Å². The van der Waals surface area contributed by atoms with Gasteiger partial charge < -0.3 is 9.47 Å². The van der Waals surface area contributed by atoms with Crippen molar-refractivity contribution in [1.82, 2.24) is 0 Å². The van der Waals surface area contributed by atoms with E-state index in [4.69, 9.17) is 9.47 Å². The molecule has 1 aliphatic heterocycles. The molecule has 0 aromatic heterocycles. The van der Waals surface area contributed by atoms with Gasteiger partial charge in [-0.3, -0.25) is 0 Å². The van der Waals surface area contributed by atoms with Crippen molar-refractivity contribution in [3.05, 3.63) is 0 Å². The van der Waals surface area contributed by atoms with Crippen molar-refractivity contribution in [3.63, 3.8) is 0 Å². The first-order valence-electron chi connectivity index (χ1n) is 5.74. The van der Waals surface area contributed by atoms with Crippen LogP contribution in [0.25, 0.3) is 0 Å². The van der Waals surface area contributed by atoms with E-state index in [-0.39, 0.29) is 18.5 Å². The fraction of sp³-hybridized carbons (Fsp3) is 1.00. The molecule has 2 atom stereocenters. The van der Waals surface area contributed by atoms with E-state index in [2.05, 4.69) is 41.5 Å². The molecule has 0 amide bonds. The Morgan fingerprint density at radius 3 is 1.21 bits per heavy atom. The second-order valence-corrected chi connectivity index (χ2v) is 5.30. The van der Waals surface area contributed by atoms with Gasteiger partial charge >= 0.3 is 0 Å². The summed E-state index contributed by atoms with van der Waals surface area (Å²) < 4.78 is 11.9. The predicted octanol–water partition coefficient (Wildman–Crippen LogP) is 3.06. The lowest BCUT2D eigenvalue weighted by molar-refractivity contribution is -0.102. The first-order chi connectivity index (χ1) is 6.43. The third-order valence-corrected chi connectivity index (χ3v) is 2.76. The number of hydrogen-bond donors (Lipinski definition) is 0. The van der Waals surface area contributed by atoms with Crippen LogP contribution in [0.15, 0.2) is 0 Å². The maximum absolute atomic E-state index is 5.94. The van der Waals surface area contributed by atoms with Gasteiger partial charge in [0.2, 0.25) is 0 Å². The lowest BCUT2D eigenvalue weighted by Crippen LogP contribution is -2.31. The topological polar surface area (TPSA) is 18.5 Å². The zero-order chi connectivity index (χ0) is 10.9. The van der Waals surface area contributed by atoms with Gasteiger partial charge in [-0.05, 0) is 11.8 Å².